The van der Waals surface area contributed by atoms with Gasteiger partial charge in [0.15, 0.2) is 5.96 Å². The summed E-state index contributed by atoms with van der Waals surface area (Å²) in [6.45, 7) is 10.1. The molecule has 2 aliphatic rings. The molecule has 0 bridgehead atoms. The number of guanidine groups is 1. The maximum Gasteiger partial charge on any atom is 0.244 e. The predicted octanol–water partition coefficient (Wildman–Crippen LogP) is 1.53. The van der Waals surface area contributed by atoms with Crippen LogP contribution in [0.2, 0.25) is 0 Å². The summed E-state index contributed by atoms with van der Waals surface area (Å²) in [5.41, 5.74) is 1.29. The van der Waals surface area contributed by atoms with Gasteiger partial charge >= 0.3 is 0 Å². The number of carbonyl (C=O) groups excluding carboxylic acids is 1. The Labute approximate surface area is 188 Å². The molecule has 158 valence electrons. The third kappa shape index (κ3) is 7.16. The standard InChI is InChI=1S/C19H31N5O2S.HI/c1-2-20-19(21-6-3-7-23-9-11-26-12-10-23)22-14-18(25)24-8-4-17-16(15-24)5-13-27-17;/h5,13H,2-4,6-12,14-15H2,1H3,(H2,20,21,22);1H. The number of nitrogens with zero attached hydrogens (tertiary/aromatic N) is 3. The third-order valence-electron chi connectivity index (χ3n) is 4.92. The zero-order chi connectivity index (χ0) is 18.9. The highest BCUT2D eigenvalue weighted by atomic mass is 127. The van der Waals surface area contributed by atoms with E-state index in [0.717, 1.165) is 77.8 Å². The highest BCUT2D eigenvalue weighted by Gasteiger charge is 2.21. The molecule has 0 saturated carbocycles. The van der Waals surface area contributed by atoms with Crippen LogP contribution in [0.4, 0.5) is 0 Å². The van der Waals surface area contributed by atoms with Crippen molar-refractivity contribution in [1.82, 2.24) is 20.4 Å². The van der Waals surface area contributed by atoms with E-state index in [1.54, 1.807) is 11.3 Å². The topological polar surface area (TPSA) is 69.2 Å². The Morgan fingerprint density at radius 3 is 2.89 bits per heavy atom. The number of amides is 1. The summed E-state index contributed by atoms with van der Waals surface area (Å²) < 4.78 is 5.37. The van der Waals surface area contributed by atoms with Crippen LogP contribution in [0, 0.1) is 0 Å². The van der Waals surface area contributed by atoms with Gasteiger partial charge in [0.2, 0.25) is 5.91 Å². The molecule has 7 nitrogen and oxygen atoms in total. The van der Waals surface area contributed by atoms with Crippen molar-refractivity contribution in [3.8, 4) is 0 Å². The van der Waals surface area contributed by atoms with Gasteiger partial charge in [-0.05, 0) is 43.3 Å². The Bertz CT molecular complexity index is 634. The van der Waals surface area contributed by atoms with Crippen LogP contribution in [-0.2, 0) is 22.5 Å². The van der Waals surface area contributed by atoms with Gasteiger partial charge < -0.3 is 20.3 Å². The summed E-state index contributed by atoms with van der Waals surface area (Å²) in [7, 11) is 0. The molecule has 1 fully saturated rings. The van der Waals surface area contributed by atoms with Crippen LogP contribution in [0.25, 0.3) is 0 Å². The monoisotopic (exact) mass is 521 g/mol. The van der Waals surface area contributed by atoms with Crippen LogP contribution in [-0.4, -0.2) is 80.7 Å². The molecule has 0 radical (unpaired) electrons. The molecule has 2 aliphatic heterocycles. The third-order valence-corrected chi connectivity index (χ3v) is 5.95. The highest BCUT2D eigenvalue weighted by Crippen LogP contribution is 2.23. The highest BCUT2D eigenvalue weighted by molar-refractivity contribution is 14.0. The van der Waals surface area contributed by atoms with Crippen LogP contribution in [0.15, 0.2) is 16.4 Å². The minimum absolute atomic E-state index is 0. The van der Waals surface area contributed by atoms with Crippen LogP contribution in [0.5, 0.6) is 0 Å². The molecule has 0 unspecified atom stereocenters. The number of nitrogens with one attached hydrogen (secondary N) is 2. The first-order valence-electron chi connectivity index (χ1n) is 9.91. The maximum atomic E-state index is 12.5. The van der Waals surface area contributed by atoms with Gasteiger partial charge in [0, 0.05) is 44.1 Å². The van der Waals surface area contributed by atoms with Gasteiger partial charge in [-0.25, -0.2) is 4.99 Å². The number of thiophene rings is 1. The molecule has 1 aromatic rings. The first-order chi connectivity index (χ1) is 13.3. The Balaban J connectivity index is 0.00000280. The van der Waals surface area contributed by atoms with Gasteiger partial charge in [-0.1, -0.05) is 0 Å². The molecule has 1 saturated heterocycles. The lowest BCUT2D eigenvalue weighted by molar-refractivity contribution is -0.130. The van der Waals surface area contributed by atoms with Crippen molar-refractivity contribution in [2.45, 2.75) is 26.3 Å². The zero-order valence-electron chi connectivity index (χ0n) is 16.6. The van der Waals surface area contributed by atoms with Crippen LogP contribution < -0.4 is 10.6 Å². The van der Waals surface area contributed by atoms with E-state index in [-0.39, 0.29) is 36.4 Å². The Morgan fingerprint density at radius 2 is 2.11 bits per heavy atom. The molecule has 0 aromatic carbocycles. The summed E-state index contributed by atoms with van der Waals surface area (Å²) in [5, 5.41) is 8.68. The first kappa shape index (κ1) is 23.4. The Kier molecular flexibility index (Phi) is 10.5. The van der Waals surface area contributed by atoms with E-state index in [0.29, 0.717) is 0 Å². The number of hydrogen-bond acceptors (Lipinski definition) is 5. The fraction of sp³-hybridized carbons (Fsp3) is 0.684. The summed E-state index contributed by atoms with van der Waals surface area (Å²) in [5.74, 6) is 0.818. The normalized spacial score (nSPS) is 17.6. The zero-order valence-corrected chi connectivity index (χ0v) is 19.8. The van der Waals surface area contributed by atoms with E-state index in [1.807, 2.05) is 11.8 Å². The van der Waals surface area contributed by atoms with Crippen molar-refractivity contribution >= 4 is 47.2 Å². The number of fused-ring (bicyclic) bond motifs is 1. The first-order valence-corrected chi connectivity index (χ1v) is 10.8. The summed E-state index contributed by atoms with van der Waals surface area (Å²) in [6, 6.07) is 2.13. The lowest BCUT2D eigenvalue weighted by Crippen LogP contribution is -2.42. The van der Waals surface area contributed by atoms with Gasteiger partial charge in [-0.2, -0.15) is 0 Å². The van der Waals surface area contributed by atoms with Crippen molar-refractivity contribution in [3.63, 3.8) is 0 Å². The Morgan fingerprint density at radius 1 is 1.29 bits per heavy atom. The molecule has 0 atom stereocenters. The molecular formula is C19H32IN5O2S. The molecule has 3 heterocycles. The fourth-order valence-electron chi connectivity index (χ4n) is 3.38. The molecule has 1 amide bonds. The summed E-state index contributed by atoms with van der Waals surface area (Å²) in [4.78, 5) is 22.8. The molecule has 2 N–H and O–H groups in total. The lowest BCUT2D eigenvalue weighted by Gasteiger charge is -2.27. The second-order valence-electron chi connectivity index (χ2n) is 6.86. The Hall–Kier alpha value is -0.910. The quantitative estimate of drug-likeness (QED) is 0.247. The summed E-state index contributed by atoms with van der Waals surface area (Å²) in [6.07, 6.45) is 2.01. The van der Waals surface area contributed by atoms with Gasteiger partial charge in [0.25, 0.3) is 0 Å². The van der Waals surface area contributed by atoms with Crippen molar-refractivity contribution in [2.24, 2.45) is 4.99 Å². The second-order valence-corrected chi connectivity index (χ2v) is 7.86. The average Bonchev–Trinajstić information content (AvgIpc) is 3.17. The maximum absolute atomic E-state index is 12.5. The van der Waals surface area contributed by atoms with Crippen LogP contribution in [0.3, 0.4) is 0 Å². The molecule has 0 spiro atoms. The van der Waals surface area contributed by atoms with Crippen LogP contribution in [0.1, 0.15) is 23.8 Å². The van der Waals surface area contributed by atoms with E-state index in [1.165, 1.54) is 10.4 Å². The number of aliphatic imine (C=N–C) groups is 1. The van der Waals surface area contributed by atoms with Gasteiger partial charge in [-0.15, -0.1) is 35.3 Å². The van der Waals surface area contributed by atoms with Crippen molar-refractivity contribution in [1.29, 1.82) is 0 Å². The minimum Gasteiger partial charge on any atom is -0.379 e. The molecule has 1 aromatic heterocycles. The predicted molar refractivity (Wildman–Crippen MR) is 125 cm³/mol. The molecule has 0 aliphatic carbocycles. The van der Waals surface area contributed by atoms with E-state index >= 15 is 0 Å². The van der Waals surface area contributed by atoms with E-state index in [4.69, 9.17) is 4.74 Å². The van der Waals surface area contributed by atoms with E-state index in [9.17, 15) is 4.79 Å². The van der Waals surface area contributed by atoms with Crippen molar-refractivity contribution in [3.05, 3.63) is 21.9 Å². The molecule has 3 rings (SSSR count). The van der Waals surface area contributed by atoms with Crippen molar-refractivity contribution in [2.75, 3.05) is 59.0 Å². The van der Waals surface area contributed by atoms with Gasteiger partial charge in [0.1, 0.15) is 6.54 Å². The second kappa shape index (κ2) is 12.6. The van der Waals surface area contributed by atoms with E-state index in [2.05, 4.69) is 32.0 Å². The SMILES string of the molecule is CCNC(=NCC(=O)N1CCc2sccc2C1)NCCCN1CCOCC1.I. The number of carbonyl (C=O) groups is 1. The van der Waals surface area contributed by atoms with E-state index < -0.39 is 0 Å². The number of rotatable bonds is 7. The lowest BCUT2D eigenvalue weighted by atomic mass is 10.1. The largest absolute Gasteiger partial charge is 0.379 e. The smallest absolute Gasteiger partial charge is 0.244 e. The fourth-order valence-corrected chi connectivity index (χ4v) is 4.27. The number of ether oxygens (including phenoxy) is 1. The molecular weight excluding hydrogens is 489 g/mol. The number of hydrogen-bond donors (Lipinski definition) is 2. The van der Waals surface area contributed by atoms with Crippen molar-refractivity contribution < 1.29 is 9.53 Å². The van der Waals surface area contributed by atoms with Gasteiger partial charge in [0.05, 0.1) is 13.2 Å². The summed E-state index contributed by atoms with van der Waals surface area (Å²) >= 11 is 1.79. The number of halogens is 1. The van der Waals surface area contributed by atoms with Gasteiger partial charge in [-0.3, -0.25) is 9.69 Å². The molecule has 9 heteroatoms. The minimum atomic E-state index is 0. The average molecular weight is 521 g/mol. The van der Waals surface area contributed by atoms with Crippen LogP contribution >= 0.6 is 35.3 Å². The number of morpholine rings is 1. The molecule has 28 heavy (non-hydrogen) atoms.